The van der Waals surface area contributed by atoms with Crippen LogP contribution in [0.5, 0.6) is 0 Å². The molecule has 3 aromatic heterocycles. The van der Waals surface area contributed by atoms with Crippen LogP contribution in [0.3, 0.4) is 0 Å². The zero-order valence-corrected chi connectivity index (χ0v) is 15.2. The summed E-state index contributed by atoms with van der Waals surface area (Å²) >= 11 is 1.62. The van der Waals surface area contributed by atoms with Crippen molar-refractivity contribution in [2.24, 2.45) is 0 Å². The van der Waals surface area contributed by atoms with E-state index in [4.69, 9.17) is 0 Å². The number of piperidine rings is 1. The summed E-state index contributed by atoms with van der Waals surface area (Å²) < 4.78 is 2.00. The number of carbonyl (C=O) groups excluding carboxylic acids is 1. The van der Waals surface area contributed by atoms with Gasteiger partial charge in [-0.15, -0.1) is 5.10 Å². The number of hydrogen-bond acceptors (Lipinski definition) is 5. The van der Waals surface area contributed by atoms with E-state index in [1.807, 2.05) is 32.5 Å². The van der Waals surface area contributed by atoms with Gasteiger partial charge < -0.3 is 4.90 Å². The number of aromatic nitrogens is 5. The molecule has 3 aromatic rings. The highest BCUT2D eigenvalue weighted by molar-refractivity contribution is 7.08. The average molecular weight is 368 g/mol. The number of nitrogens with one attached hydrogen (secondary N) is 1. The lowest BCUT2D eigenvalue weighted by Crippen LogP contribution is -2.39. The topological polar surface area (TPSA) is 79.7 Å². The predicted molar refractivity (Wildman–Crippen MR) is 98.1 cm³/mol. The van der Waals surface area contributed by atoms with Gasteiger partial charge in [0.2, 0.25) is 0 Å². The SMILES string of the molecule is O=C(c1cc(-c2ccsc2)n[nH]1)N1CCC(n2cc(C3CC3)nn2)CC1. The number of likely N-dealkylation sites (tertiary alicyclic amines) is 1. The third-order valence-electron chi connectivity index (χ3n) is 5.27. The first-order valence-corrected chi connectivity index (χ1v) is 10.0. The summed E-state index contributed by atoms with van der Waals surface area (Å²) in [7, 11) is 0. The van der Waals surface area contributed by atoms with Crippen molar-refractivity contribution in [2.45, 2.75) is 37.6 Å². The molecule has 1 aliphatic heterocycles. The summed E-state index contributed by atoms with van der Waals surface area (Å²) in [5.41, 5.74) is 3.55. The molecule has 26 heavy (non-hydrogen) atoms. The van der Waals surface area contributed by atoms with Crippen LogP contribution >= 0.6 is 11.3 Å². The molecule has 4 heterocycles. The summed E-state index contributed by atoms with van der Waals surface area (Å²) in [6.07, 6.45) is 6.39. The van der Waals surface area contributed by atoms with Crippen LogP contribution in [0.15, 0.2) is 29.1 Å². The van der Waals surface area contributed by atoms with E-state index in [0.717, 1.165) is 42.9 Å². The summed E-state index contributed by atoms with van der Waals surface area (Å²) in [5, 5.41) is 19.8. The van der Waals surface area contributed by atoms with Gasteiger partial charge in [-0.25, -0.2) is 4.68 Å². The Morgan fingerprint density at radius 1 is 1.23 bits per heavy atom. The van der Waals surface area contributed by atoms with Crippen molar-refractivity contribution in [1.29, 1.82) is 0 Å². The molecule has 8 heteroatoms. The normalized spacial score (nSPS) is 18.4. The van der Waals surface area contributed by atoms with Crippen molar-refractivity contribution in [2.75, 3.05) is 13.1 Å². The van der Waals surface area contributed by atoms with E-state index >= 15 is 0 Å². The van der Waals surface area contributed by atoms with Gasteiger partial charge in [0.05, 0.1) is 17.4 Å². The molecule has 2 fully saturated rings. The van der Waals surface area contributed by atoms with E-state index in [0.29, 0.717) is 17.7 Å². The fourth-order valence-electron chi connectivity index (χ4n) is 3.53. The minimum absolute atomic E-state index is 0.0229. The maximum absolute atomic E-state index is 12.8. The first kappa shape index (κ1) is 15.7. The van der Waals surface area contributed by atoms with Gasteiger partial charge in [0.25, 0.3) is 5.91 Å². The Morgan fingerprint density at radius 3 is 2.81 bits per heavy atom. The van der Waals surface area contributed by atoms with E-state index in [2.05, 4.69) is 26.7 Å². The number of aromatic amines is 1. The number of H-pyrrole nitrogens is 1. The van der Waals surface area contributed by atoms with Crippen LogP contribution in [0.4, 0.5) is 0 Å². The van der Waals surface area contributed by atoms with Crippen molar-refractivity contribution >= 4 is 17.2 Å². The van der Waals surface area contributed by atoms with Gasteiger partial charge in [-0.1, -0.05) is 5.21 Å². The predicted octanol–water partition coefficient (Wildman–Crippen LogP) is 3.08. The monoisotopic (exact) mass is 368 g/mol. The second kappa shape index (κ2) is 6.35. The van der Waals surface area contributed by atoms with Crippen LogP contribution in [0.1, 0.15) is 53.8 Å². The van der Waals surface area contributed by atoms with E-state index < -0.39 is 0 Å². The molecule has 0 atom stereocenters. The molecular weight excluding hydrogens is 348 g/mol. The fraction of sp³-hybridized carbons (Fsp3) is 0.444. The van der Waals surface area contributed by atoms with Crippen molar-refractivity contribution in [3.05, 3.63) is 40.5 Å². The molecular formula is C18H20N6OS. The Labute approximate surface area is 155 Å². The number of thiophene rings is 1. The second-order valence-corrected chi connectivity index (χ2v) is 7.88. The molecule has 0 aromatic carbocycles. The Balaban J connectivity index is 1.22. The highest BCUT2D eigenvalue weighted by Gasteiger charge is 2.29. The first-order chi connectivity index (χ1) is 12.8. The second-order valence-electron chi connectivity index (χ2n) is 7.10. The molecule has 1 saturated heterocycles. The lowest BCUT2D eigenvalue weighted by Gasteiger charge is -2.31. The van der Waals surface area contributed by atoms with Gasteiger partial charge in [-0.05, 0) is 43.2 Å². The maximum atomic E-state index is 12.8. The van der Waals surface area contributed by atoms with Crippen LogP contribution < -0.4 is 0 Å². The van der Waals surface area contributed by atoms with Gasteiger partial charge in [-0.3, -0.25) is 9.89 Å². The molecule has 0 unspecified atom stereocenters. The molecule has 0 bridgehead atoms. The summed E-state index contributed by atoms with van der Waals surface area (Å²) in [4.78, 5) is 14.7. The quantitative estimate of drug-likeness (QED) is 0.767. The summed E-state index contributed by atoms with van der Waals surface area (Å²) in [5.74, 6) is 0.651. The van der Waals surface area contributed by atoms with Crippen LogP contribution in [0, 0.1) is 0 Å². The van der Waals surface area contributed by atoms with Gasteiger partial charge in [0, 0.05) is 36.1 Å². The van der Waals surface area contributed by atoms with Crippen molar-refractivity contribution in [1.82, 2.24) is 30.1 Å². The molecule has 5 rings (SSSR count). The summed E-state index contributed by atoms with van der Waals surface area (Å²) in [6, 6.07) is 4.19. The highest BCUT2D eigenvalue weighted by atomic mass is 32.1. The van der Waals surface area contributed by atoms with E-state index in [-0.39, 0.29) is 5.91 Å². The Kier molecular flexibility index (Phi) is 3.85. The molecule has 0 spiro atoms. The maximum Gasteiger partial charge on any atom is 0.271 e. The molecule has 1 N–H and O–H groups in total. The first-order valence-electron chi connectivity index (χ1n) is 9.07. The zero-order valence-electron chi connectivity index (χ0n) is 14.3. The minimum atomic E-state index is 0.0229. The molecule has 1 aliphatic carbocycles. The highest BCUT2D eigenvalue weighted by Crippen LogP contribution is 2.39. The molecule has 0 radical (unpaired) electrons. The Morgan fingerprint density at radius 2 is 2.08 bits per heavy atom. The molecule has 1 amide bonds. The van der Waals surface area contributed by atoms with Crippen molar-refractivity contribution in [3.8, 4) is 11.3 Å². The lowest BCUT2D eigenvalue weighted by molar-refractivity contribution is 0.0683. The van der Waals surface area contributed by atoms with Crippen LogP contribution in [0.25, 0.3) is 11.3 Å². The lowest BCUT2D eigenvalue weighted by atomic mass is 10.0. The fourth-order valence-corrected chi connectivity index (χ4v) is 4.18. The van der Waals surface area contributed by atoms with Gasteiger partial charge >= 0.3 is 0 Å². The molecule has 7 nitrogen and oxygen atoms in total. The van der Waals surface area contributed by atoms with E-state index in [1.54, 1.807) is 11.3 Å². The third kappa shape index (κ3) is 2.94. The third-order valence-corrected chi connectivity index (χ3v) is 5.96. The number of rotatable bonds is 4. The van der Waals surface area contributed by atoms with Gasteiger partial charge in [0.1, 0.15) is 5.69 Å². The zero-order chi connectivity index (χ0) is 17.5. The van der Waals surface area contributed by atoms with Crippen molar-refractivity contribution in [3.63, 3.8) is 0 Å². The van der Waals surface area contributed by atoms with Crippen molar-refractivity contribution < 1.29 is 4.79 Å². The number of hydrogen-bond donors (Lipinski definition) is 1. The van der Waals surface area contributed by atoms with Gasteiger partial charge in [-0.2, -0.15) is 16.4 Å². The van der Waals surface area contributed by atoms with E-state index in [1.165, 1.54) is 12.8 Å². The average Bonchev–Trinajstić information content (AvgIpc) is 3.14. The van der Waals surface area contributed by atoms with E-state index in [9.17, 15) is 4.79 Å². The Bertz CT molecular complexity index is 902. The Hall–Kier alpha value is -2.48. The number of carbonyl (C=O) groups is 1. The van der Waals surface area contributed by atoms with Gasteiger partial charge in [0.15, 0.2) is 0 Å². The smallest absolute Gasteiger partial charge is 0.271 e. The van der Waals surface area contributed by atoms with Crippen LogP contribution in [-0.2, 0) is 0 Å². The summed E-state index contributed by atoms with van der Waals surface area (Å²) in [6.45, 7) is 1.46. The molecule has 1 saturated carbocycles. The van der Waals surface area contributed by atoms with Crippen LogP contribution in [-0.4, -0.2) is 49.1 Å². The number of nitrogens with zero attached hydrogens (tertiary/aromatic N) is 5. The minimum Gasteiger partial charge on any atom is -0.337 e. The largest absolute Gasteiger partial charge is 0.337 e. The molecule has 134 valence electrons. The number of amides is 1. The molecule has 2 aliphatic rings. The van der Waals surface area contributed by atoms with Crippen LogP contribution in [0.2, 0.25) is 0 Å². The standard InChI is InChI=1S/C18H20N6OS/c25-18(16-9-15(19-20-16)13-5-8-26-11-13)23-6-3-14(4-7-23)24-10-17(21-22-24)12-1-2-12/h5,8-12,14H,1-4,6-7H2,(H,19,20).